The van der Waals surface area contributed by atoms with Crippen LogP contribution in [-0.4, -0.2) is 122 Å². The summed E-state index contributed by atoms with van der Waals surface area (Å²) in [7, 11) is 3.83. The minimum Gasteiger partial charge on any atom is -0.458 e. The topological polar surface area (TPSA) is 170 Å². The van der Waals surface area contributed by atoms with Crippen molar-refractivity contribution in [2.45, 2.75) is 162 Å². The van der Waals surface area contributed by atoms with Gasteiger partial charge in [0.2, 0.25) is 0 Å². The summed E-state index contributed by atoms with van der Waals surface area (Å²) >= 11 is 0. The number of carbonyl (C=O) groups is 4. The fourth-order valence-electron chi connectivity index (χ4n) is 9.68. The average Bonchev–Trinajstić information content (AvgIpc) is 3.51. The van der Waals surface area contributed by atoms with Gasteiger partial charge < -0.3 is 48.2 Å². The number of alkyl carbamates (subject to hydrolysis) is 1. The maximum Gasteiger partial charge on any atom is 0.408 e. The van der Waals surface area contributed by atoms with Crippen molar-refractivity contribution in [2.75, 3.05) is 27.3 Å². The highest BCUT2D eigenvalue weighted by Gasteiger charge is 2.58. The van der Waals surface area contributed by atoms with Crippen LogP contribution in [0.3, 0.4) is 0 Å². The number of hydrogen-bond donors (Lipinski definition) is 1. The molecule has 2 bridgehead atoms. The van der Waals surface area contributed by atoms with Crippen molar-refractivity contribution in [2.24, 2.45) is 34.7 Å². The Hall–Kier alpha value is -3.63. The monoisotopic (exact) mass is 843 g/mol. The minimum absolute atomic E-state index is 0.0688. The lowest BCUT2D eigenvalue weighted by atomic mass is 9.73. The number of ketones is 1. The summed E-state index contributed by atoms with van der Waals surface area (Å²) in [4.78, 5) is 62.4. The van der Waals surface area contributed by atoms with Gasteiger partial charge in [0.25, 0.3) is 0 Å². The summed E-state index contributed by atoms with van der Waals surface area (Å²) in [5.74, 6) is -3.10. The normalized spacial score (nSPS) is 38.9. The van der Waals surface area contributed by atoms with E-state index in [1.807, 2.05) is 77.9 Å². The summed E-state index contributed by atoms with van der Waals surface area (Å²) < 4.78 is 45.2. The highest BCUT2D eigenvalue weighted by atomic mass is 16.7. The molecule has 14 atom stereocenters. The van der Waals surface area contributed by atoms with Gasteiger partial charge >= 0.3 is 18.0 Å². The number of nitrogens with one attached hydrogen (secondary N) is 1. The van der Waals surface area contributed by atoms with Gasteiger partial charge in [0, 0.05) is 24.7 Å². The quantitative estimate of drug-likeness (QED) is 0.178. The first-order chi connectivity index (χ1) is 28.2. The zero-order chi connectivity index (χ0) is 44.3. The predicted octanol–water partition coefficient (Wildman–Crippen LogP) is 5.88. The number of likely N-dealkylation sites (N-methyl/N-ethyl adjacent to an activating group) is 1. The number of rotatable bonds is 9. The second-order valence-electron chi connectivity index (χ2n) is 18.6. The van der Waals surface area contributed by atoms with E-state index in [0.29, 0.717) is 30.2 Å². The molecular formula is C45H69N3O12. The zero-order valence-corrected chi connectivity index (χ0v) is 37.9. The van der Waals surface area contributed by atoms with E-state index >= 15 is 0 Å². The Morgan fingerprint density at radius 2 is 1.70 bits per heavy atom. The number of amides is 1. The van der Waals surface area contributed by atoms with Gasteiger partial charge in [-0.25, -0.2) is 4.79 Å². The Labute approximate surface area is 355 Å². The first-order valence-electron chi connectivity index (χ1n) is 21.6. The molecule has 0 saturated carbocycles. The number of carbonyl (C=O) groups excluding carboxylic acids is 4. The van der Waals surface area contributed by atoms with Crippen LogP contribution in [0.25, 0.3) is 0 Å². The second kappa shape index (κ2) is 19.6. The smallest absolute Gasteiger partial charge is 0.408 e. The molecule has 4 aliphatic heterocycles. The number of hydrogen-bond acceptors (Lipinski definition) is 14. The molecule has 4 heterocycles. The van der Waals surface area contributed by atoms with Gasteiger partial charge in [0.05, 0.1) is 55.1 Å². The molecule has 4 saturated heterocycles. The molecular weight excluding hydrogens is 775 g/mol. The molecule has 60 heavy (non-hydrogen) atoms. The van der Waals surface area contributed by atoms with E-state index < -0.39 is 89.7 Å². The van der Waals surface area contributed by atoms with Crippen LogP contribution in [0, 0.1) is 29.6 Å². The summed E-state index contributed by atoms with van der Waals surface area (Å²) in [6.07, 6.45) is -3.55. The lowest BCUT2D eigenvalue weighted by Gasteiger charge is -2.49. The van der Waals surface area contributed by atoms with Crippen LogP contribution in [0.2, 0.25) is 0 Å². The van der Waals surface area contributed by atoms with Gasteiger partial charge in [0.15, 0.2) is 23.7 Å². The van der Waals surface area contributed by atoms with E-state index in [4.69, 9.17) is 38.0 Å². The Balaban J connectivity index is 1.62. The summed E-state index contributed by atoms with van der Waals surface area (Å²) in [6.45, 7) is 20.1. The molecule has 0 radical (unpaired) electrons. The number of ether oxygens (including phenoxy) is 7. The molecule has 15 heteroatoms. The Morgan fingerprint density at radius 1 is 1.02 bits per heavy atom. The molecule has 0 spiro atoms. The van der Waals surface area contributed by atoms with E-state index in [2.05, 4.69) is 24.3 Å². The molecule has 4 aliphatic rings. The lowest BCUT2D eigenvalue weighted by Crippen LogP contribution is -2.61. The van der Waals surface area contributed by atoms with Crippen molar-refractivity contribution in [3.8, 4) is 5.75 Å². The number of cyclic esters (lactones) is 1. The third-order valence-electron chi connectivity index (χ3n) is 12.8. The third kappa shape index (κ3) is 10.7. The fourth-order valence-corrected chi connectivity index (χ4v) is 9.68. The van der Waals surface area contributed by atoms with Crippen molar-refractivity contribution in [1.29, 1.82) is 0 Å². The van der Waals surface area contributed by atoms with Crippen molar-refractivity contribution in [3.63, 3.8) is 0 Å². The van der Waals surface area contributed by atoms with Gasteiger partial charge in [0.1, 0.15) is 17.6 Å². The molecule has 336 valence electrons. The van der Waals surface area contributed by atoms with Crippen molar-refractivity contribution >= 4 is 29.5 Å². The van der Waals surface area contributed by atoms with Crippen LogP contribution < -0.4 is 10.2 Å². The van der Waals surface area contributed by atoms with Gasteiger partial charge in [-0.2, -0.15) is 0 Å². The predicted molar refractivity (Wildman–Crippen MR) is 222 cm³/mol. The number of Topliss-reactive ketones (excluding diaryl/α,β-unsaturated/α-hetero) is 1. The molecule has 4 fully saturated rings. The highest BCUT2D eigenvalue weighted by molar-refractivity contribution is 5.87. The lowest BCUT2D eigenvalue weighted by molar-refractivity contribution is -0.304. The van der Waals surface area contributed by atoms with Gasteiger partial charge in [-0.3, -0.25) is 14.4 Å². The first-order valence-corrected chi connectivity index (χ1v) is 21.6. The zero-order valence-electron chi connectivity index (χ0n) is 37.9. The first kappa shape index (κ1) is 47.4. The maximum absolute atomic E-state index is 14.6. The van der Waals surface area contributed by atoms with Crippen LogP contribution >= 0.6 is 0 Å². The maximum atomic E-state index is 14.6. The van der Waals surface area contributed by atoms with Crippen molar-refractivity contribution in [3.05, 3.63) is 29.8 Å². The summed E-state index contributed by atoms with van der Waals surface area (Å²) in [5.41, 5.74) is -1.03. The minimum atomic E-state index is -1.34. The van der Waals surface area contributed by atoms with Gasteiger partial charge in [-0.1, -0.05) is 58.8 Å². The molecule has 1 aromatic carbocycles. The Morgan fingerprint density at radius 3 is 2.32 bits per heavy atom. The molecule has 0 unspecified atom stereocenters. The summed E-state index contributed by atoms with van der Waals surface area (Å²) in [5, 5.41) is 7.36. The van der Waals surface area contributed by atoms with Crippen LogP contribution in [-0.2, 0) is 54.0 Å². The van der Waals surface area contributed by atoms with Crippen molar-refractivity contribution in [1.82, 2.24) is 10.2 Å². The SMILES string of the molecule is CC[C@H]1OC(=O)[C@H](C)[C@H]2OC/C(=N/Oc3ccc(CC(C)C)cc3)CO[C@](C)(C[C@@H](C)C(=O)[C@H](C)[C@H]3NC(=O)O[C@@]31C)[C@H](O[C@@H]1O[C@H](C)C[C@H](N(C)C)[C@H]1OC(C)=O)[C@H]2C. The number of esters is 2. The third-order valence-corrected chi connectivity index (χ3v) is 12.8. The van der Waals surface area contributed by atoms with Crippen LogP contribution in [0.5, 0.6) is 5.75 Å². The Kier molecular flexibility index (Phi) is 15.5. The van der Waals surface area contributed by atoms with E-state index in [9.17, 15) is 19.2 Å². The van der Waals surface area contributed by atoms with Crippen LogP contribution in [0.1, 0.15) is 101 Å². The van der Waals surface area contributed by atoms with E-state index in [1.54, 1.807) is 20.8 Å². The van der Waals surface area contributed by atoms with E-state index in [1.165, 1.54) is 12.5 Å². The van der Waals surface area contributed by atoms with E-state index in [0.717, 1.165) is 6.42 Å². The second-order valence-corrected chi connectivity index (χ2v) is 18.6. The highest BCUT2D eigenvalue weighted by Crippen LogP contribution is 2.42. The molecule has 0 aliphatic carbocycles. The standard InChI is InChI=1S/C45H69N3O12/c1-14-35-45(11)39(46-43(52)59-45)27(6)36(50)25(4)21-44(10)40(58-42-38(56-30(9)49)34(48(12)13)20-26(5)55-42)28(7)37(29(8)41(51)57-35)53-22-32(23-54-44)47-60-33-17-15-31(16-18-33)19-24(2)3/h15-18,24-29,34-35,37-40,42H,14,19-23H2,1-13H3,(H,46,52)/b47-32-/t25-,26-,27+,28+,29-,34+,35-,37+,38-,39-,40-,42+,44-,45-/m1/s1. The van der Waals surface area contributed by atoms with Crippen LogP contribution in [0.15, 0.2) is 29.4 Å². The molecule has 5 rings (SSSR count). The molecule has 1 amide bonds. The summed E-state index contributed by atoms with van der Waals surface area (Å²) in [6, 6.07) is 6.70. The number of nitrogens with zero attached hydrogens (tertiary/aromatic N) is 2. The number of fused-ring (bicyclic) bond motifs is 4. The number of oxime groups is 1. The van der Waals surface area contributed by atoms with Crippen LogP contribution in [0.4, 0.5) is 4.79 Å². The van der Waals surface area contributed by atoms with Gasteiger partial charge in [-0.05, 0) is 91.1 Å². The van der Waals surface area contributed by atoms with Gasteiger partial charge in [-0.15, -0.1) is 0 Å². The average molecular weight is 844 g/mol. The largest absolute Gasteiger partial charge is 0.458 e. The van der Waals surface area contributed by atoms with E-state index in [-0.39, 0.29) is 37.6 Å². The Bertz CT molecular complexity index is 1700. The molecule has 1 aromatic rings. The molecule has 0 aromatic heterocycles. The molecule has 15 nitrogen and oxygen atoms in total. The number of benzene rings is 1. The molecule has 1 N–H and O–H groups in total. The fraction of sp³-hybridized carbons (Fsp3) is 0.756. The van der Waals surface area contributed by atoms with Crippen molar-refractivity contribution < 1.29 is 57.2 Å².